The molecule has 0 aliphatic carbocycles. The Morgan fingerprint density at radius 1 is 1.11 bits per heavy atom. The average molecular weight is 275 g/mol. The van der Waals surface area contributed by atoms with E-state index in [1.165, 1.54) is 11.1 Å². The molecule has 0 spiro atoms. The van der Waals surface area contributed by atoms with Crippen molar-refractivity contribution in [3.63, 3.8) is 0 Å². The fraction of sp³-hybridized carbons (Fsp3) is 0.294. The molecule has 0 bridgehead atoms. The van der Waals surface area contributed by atoms with Crippen LogP contribution in [0.15, 0.2) is 42.5 Å². The van der Waals surface area contributed by atoms with E-state index < -0.39 is 0 Å². The molecule has 0 heterocycles. The summed E-state index contributed by atoms with van der Waals surface area (Å²) < 4.78 is 5.24. The van der Waals surface area contributed by atoms with Crippen molar-refractivity contribution in [3.05, 3.63) is 64.7 Å². The highest BCUT2D eigenvalue weighted by Gasteiger charge is 2.16. The summed E-state index contributed by atoms with van der Waals surface area (Å²) >= 11 is 6.68. The first-order chi connectivity index (χ1) is 9.17. The van der Waals surface area contributed by atoms with Crippen LogP contribution in [0, 0.1) is 6.92 Å². The van der Waals surface area contributed by atoms with Crippen LogP contribution in [0.1, 0.15) is 34.6 Å². The van der Waals surface area contributed by atoms with Crippen molar-refractivity contribution in [2.24, 2.45) is 0 Å². The van der Waals surface area contributed by atoms with Crippen LogP contribution in [0.2, 0.25) is 0 Å². The van der Waals surface area contributed by atoms with Crippen LogP contribution >= 0.6 is 11.6 Å². The predicted molar refractivity (Wildman–Crippen MR) is 81.2 cm³/mol. The van der Waals surface area contributed by atoms with Crippen LogP contribution in [0.25, 0.3) is 0 Å². The van der Waals surface area contributed by atoms with Crippen molar-refractivity contribution in [2.75, 3.05) is 7.11 Å². The normalized spacial score (nSPS) is 12.2. The van der Waals surface area contributed by atoms with E-state index in [0.717, 1.165) is 23.3 Å². The standard InChI is InChI=1S/C17H19ClO/c1-4-13-7-5-6-8-16(13)17(18)15-10-9-14(19-3)11-12(15)2/h5-11,17H,4H2,1-3H3. The van der Waals surface area contributed by atoms with Gasteiger partial charge in [0.1, 0.15) is 5.75 Å². The number of methoxy groups -OCH3 is 1. The van der Waals surface area contributed by atoms with Crippen molar-refractivity contribution in [1.29, 1.82) is 0 Å². The summed E-state index contributed by atoms with van der Waals surface area (Å²) in [5, 5.41) is -0.109. The van der Waals surface area contributed by atoms with E-state index in [1.807, 2.05) is 18.2 Å². The Balaban J connectivity index is 2.41. The van der Waals surface area contributed by atoms with Gasteiger partial charge in [-0.3, -0.25) is 0 Å². The number of benzene rings is 2. The van der Waals surface area contributed by atoms with Gasteiger partial charge >= 0.3 is 0 Å². The summed E-state index contributed by atoms with van der Waals surface area (Å²) in [7, 11) is 1.68. The summed E-state index contributed by atoms with van der Waals surface area (Å²) in [5.41, 5.74) is 4.80. The van der Waals surface area contributed by atoms with Crippen LogP contribution in [0.3, 0.4) is 0 Å². The van der Waals surface area contributed by atoms with Gasteiger partial charge in [-0.15, -0.1) is 11.6 Å². The summed E-state index contributed by atoms with van der Waals surface area (Å²) in [5.74, 6) is 0.869. The Morgan fingerprint density at radius 3 is 2.47 bits per heavy atom. The molecule has 100 valence electrons. The topological polar surface area (TPSA) is 9.23 Å². The van der Waals surface area contributed by atoms with Gasteiger partial charge in [0.25, 0.3) is 0 Å². The first-order valence-corrected chi connectivity index (χ1v) is 6.97. The van der Waals surface area contributed by atoms with Gasteiger partial charge in [-0.1, -0.05) is 37.3 Å². The SMILES string of the molecule is CCc1ccccc1C(Cl)c1ccc(OC)cc1C. The van der Waals surface area contributed by atoms with Gasteiger partial charge in [-0.05, 0) is 47.7 Å². The Bertz CT molecular complexity index is 563. The van der Waals surface area contributed by atoms with Crippen molar-refractivity contribution in [2.45, 2.75) is 25.6 Å². The van der Waals surface area contributed by atoms with Crippen LogP contribution in [-0.4, -0.2) is 7.11 Å². The molecule has 0 aliphatic heterocycles. The molecule has 0 aliphatic rings. The summed E-state index contributed by atoms with van der Waals surface area (Å²) in [4.78, 5) is 0. The third kappa shape index (κ3) is 2.93. The predicted octanol–water partition coefficient (Wildman–Crippen LogP) is 4.89. The van der Waals surface area contributed by atoms with E-state index in [9.17, 15) is 0 Å². The molecule has 2 aromatic carbocycles. The lowest BCUT2D eigenvalue weighted by Gasteiger charge is -2.17. The highest BCUT2D eigenvalue weighted by molar-refractivity contribution is 6.22. The second kappa shape index (κ2) is 6.12. The largest absolute Gasteiger partial charge is 0.497 e. The number of alkyl halides is 1. The van der Waals surface area contributed by atoms with Gasteiger partial charge in [-0.2, -0.15) is 0 Å². The fourth-order valence-electron chi connectivity index (χ4n) is 2.33. The molecule has 1 nitrogen and oxygen atoms in total. The fourth-order valence-corrected chi connectivity index (χ4v) is 2.79. The van der Waals surface area contributed by atoms with E-state index in [-0.39, 0.29) is 5.38 Å². The first kappa shape index (κ1) is 14.0. The Hall–Kier alpha value is -1.47. The lowest BCUT2D eigenvalue weighted by Crippen LogP contribution is -2.00. The number of aryl methyl sites for hydroxylation is 2. The second-order valence-electron chi connectivity index (χ2n) is 4.64. The van der Waals surface area contributed by atoms with E-state index >= 15 is 0 Å². The smallest absolute Gasteiger partial charge is 0.119 e. The van der Waals surface area contributed by atoms with Gasteiger partial charge in [0.2, 0.25) is 0 Å². The van der Waals surface area contributed by atoms with Crippen molar-refractivity contribution < 1.29 is 4.74 Å². The van der Waals surface area contributed by atoms with Crippen LogP contribution in [0.4, 0.5) is 0 Å². The molecule has 1 unspecified atom stereocenters. The minimum absolute atomic E-state index is 0.109. The summed E-state index contributed by atoms with van der Waals surface area (Å²) in [6.45, 7) is 4.23. The quantitative estimate of drug-likeness (QED) is 0.721. The Morgan fingerprint density at radius 2 is 1.84 bits per heavy atom. The molecular weight excluding hydrogens is 256 g/mol. The molecule has 0 fully saturated rings. The zero-order valence-electron chi connectivity index (χ0n) is 11.6. The maximum Gasteiger partial charge on any atom is 0.119 e. The molecule has 0 saturated carbocycles. The monoisotopic (exact) mass is 274 g/mol. The zero-order valence-corrected chi connectivity index (χ0v) is 12.4. The lowest BCUT2D eigenvalue weighted by atomic mass is 9.95. The molecular formula is C17H19ClO. The van der Waals surface area contributed by atoms with E-state index in [1.54, 1.807) is 7.11 Å². The Labute approximate surface area is 120 Å². The van der Waals surface area contributed by atoms with Crippen LogP contribution in [-0.2, 0) is 6.42 Å². The number of hydrogen-bond acceptors (Lipinski definition) is 1. The lowest BCUT2D eigenvalue weighted by molar-refractivity contribution is 0.414. The van der Waals surface area contributed by atoms with Gasteiger partial charge < -0.3 is 4.74 Å². The maximum atomic E-state index is 6.68. The minimum atomic E-state index is -0.109. The molecule has 1 atom stereocenters. The molecule has 0 N–H and O–H groups in total. The first-order valence-electron chi connectivity index (χ1n) is 6.53. The van der Waals surface area contributed by atoms with E-state index in [0.29, 0.717) is 0 Å². The van der Waals surface area contributed by atoms with Crippen molar-refractivity contribution >= 4 is 11.6 Å². The number of hydrogen-bond donors (Lipinski definition) is 0. The molecule has 2 heteroatoms. The van der Waals surface area contributed by atoms with Gasteiger partial charge in [-0.25, -0.2) is 0 Å². The second-order valence-corrected chi connectivity index (χ2v) is 5.07. The number of rotatable bonds is 4. The minimum Gasteiger partial charge on any atom is -0.497 e. The molecule has 0 amide bonds. The number of halogens is 1. The van der Waals surface area contributed by atoms with Crippen LogP contribution < -0.4 is 4.74 Å². The Kier molecular flexibility index (Phi) is 4.49. The van der Waals surface area contributed by atoms with E-state index in [4.69, 9.17) is 16.3 Å². The molecule has 19 heavy (non-hydrogen) atoms. The molecule has 2 aromatic rings. The van der Waals surface area contributed by atoms with E-state index in [2.05, 4.69) is 38.1 Å². The average Bonchev–Trinajstić information content (AvgIpc) is 2.46. The van der Waals surface area contributed by atoms with Crippen molar-refractivity contribution in [1.82, 2.24) is 0 Å². The third-order valence-corrected chi connectivity index (χ3v) is 3.93. The van der Waals surface area contributed by atoms with Crippen LogP contribution in [0.5, 0.6) is 5.75 Å². The van der Waals surface area contributed by atoms with Gasteiger partial charge in [0.05, 0.1) is 12.5 Å². The van der Waals surface area contributed by atoms with Gasteiger partial charge in [0, 0.05) is 0 Å². The highest BCUT2D eigenvalue weighted by Crippen LogP contribution is 2.34. The highest BCUT2D eigenvalue weighted by atomic mass is 35.5. The molecule has 0 radical (unpaired) electrons. The molecule has 0 saturated heterocycles. The third-order valence-electron chi connectivity index (χ3n) is 3.46. The van der Waals surface area contributed by atoms with Gasteiger partial charge in [0.15, 0.2) is 0 Å². The maximum absolute atomic E-state index is 6.68. The summed E-state index contributed by atoms with van der Waals surface area (Å²) in [6.07, 6.45) is 0.995. The summed E-state index contributed by atoms with van der Waals surface area (Å²) in [6, 6.07) is 14.4. The molecule has 2 rings (SSSR count). The van der Waals surface area contributed by atoms with Crippen molar-refractivity contribution in [3.8, 4) is 5.75 Å². The number of ether oxygens (including phenoxy) is 1. The molecule has 0 aromatic heterocycles. The zero-order chi connectivity index (χ0) is 13.8.